The van der Waals surface area contributed by atoms with Crippen LogP contribution in [0.5, 0.6) is 0 Å². The number of nitrogens with one attached hydrogen (secondary N) is 2. The first kappa shape index (κ1) is 30.4. The molecule has 232 valence electrons. The zero-order valence-electron chi connectivity index (χ0n) is 27.1. The van der Waals surface area contributed by atoms with Crippen molar-refractivity contribution in [1.29, 1.82) is 0 Å². The molecule has 0 amide bonds. The van der Waals surface area contributed by atoms with Gasteiger partial charge in [0.05, 0.1) is 0 Å². The molecule has 6 nitrogen and oxygen atoms in total. The van der Waals surface area contributed by atoms with Crippen molar-refractivity contribution < 1.29 is 19.1 Å². The van der Waals surface area contributed by atoms with Gasteiger partial charge < -0.3 is 19.4 Å². The number of aryl methyl sites for hydroxylation is 2. The lowest BCUT2D eigenvalue weighted by atomic mass is 9.87. The third-order valence-corrected chi connectivity index (χ3v) is 9.75. The molecule has 45 heavy (non-hydrogen) atoms. The van der Waals surface area contributed by atoms with Crippen LogP contribution in [-0.4, -0.2) is 21.9 Å². The largest absolute Gasteiger partial charge is 0.454 e. The molecule has 0 atom stereocenters. The number of aromatic amines is 2. The summed E-state index contributed by atoms with van der Waals surface area (Å²) in [6.07, 6.45) is 1.85. The maximum atomic E-state index is 13.4. The predicted octanol–water partition coefficient (Wildman–Crippen LogP) is 9.78. The van der Waals surface area contributed by atoms with Crippen molar-refractivity contribution in [2.75, 3.05) is 0 Å². The number of fused-ring (bicyclic) bond motifs is 6. The highest BCUT2D eigenvalue weighted by Gasteiger charge is 2.37. The van der Waals surface area contributed by atoms with Gasteiger partial charge in [0.25, 0.3) is 0 Å². The Bertz CT molecular complexity index is 1910. The van der Waals surface area contributed by atoms with Gasteiger partial charge in [-0.1, -0.05) is 75.2 Å². The summed E-state index contributed by atoms with van der Waals surface area (Å²) in [5.41, 5.74) is 6.63. The van der Waals surface area contributed by atoms with Crippen LogP contribution < -0.4 is 0 Å². The number of benzene rings is 4. The first-order valence-corrected chi connectivity index (χ1v) is 16.1. The van der Waals surface area contributed by atoms with Crippen molar-refractivity contribution in [3.63, 3.8) is 0 Å². The van der Waals surface area contributed by atoms with E-state index in [2.05, 4.69) is 84.5 Å². The number of rotatable bonds is 10. The molecule has 6 aromatic rings. The van der Waals surface area contributed by atoms with E-state index in [0.29, 0.717) is 25.7 Å². The topological polar surface area (TPSA) is 84.2 Å². The number of carbonyl (C=O) groups is 2. The van der Waals surface area contributed by atoms with Crippen LogP contribution in [0.15, 0.2) is 72.8 Å². The predicted molar refractivity (Wildman–Crippen MR) is 182 cm³/mol. The average molecular weight is 603 g/mol. The SMILES string of the molecule is CCC(CC)(OC(=O)CC(=O)OC(CC)(CC)c1ccc2c(c1)[nH]c1ccc(C)cc12)c1ccc2c(c1)[nH]c1ccc(C)cc12. The molecule has 0 aliphatic carbocycles. The van der Waals surface area contributed by atoms with E-state index in [1.807, 2.05) is 39.8 Å². The van der Waals surface area contributed by atoms with E-state index in [9.17, 15) is 9.59 Å². The van der Waals surface area contributed by atoms with Crippen LogP contribution in [0.3, 0.4) is 0 Å². The second-order valence-corrected chi connectivity index (χ2v) is 12.4. The molecular weight excluding hydrogens is 560 g/mol. The maximum absolute atomic E-state index is 13.4. The highest BCUT2D eigenvalue weighted by molar-refractivity contribution is 6.08. The molecule has 2 N–H and O–H groups in total. The lowest BCUT2D eigenvalue weighted by Crippen LogP contribution is -2.35. The Hall–Kier alpha value is -4.58. The number of aromatic nitrogens is 2. The van der Waals surface area contributed by atoms with Gasteiger partial charge in [0.2, 0.25) is 0 Å². The van der Waals surface area contributed by atoms with Gasteiger partial charge in [0.15, 0.2) is 0 Å². The van der Waals surface area contributed by atoms with Crippen LogP contribution in [0, 0.1) is 13.8 Å². The van der Waals surface area contributed by atoms with Crippen LogP contribution in [-0.2, 0) is 30.3 Å². The highest BCUT2D eigenvalue weighted by atomic mass is 16.6. The van der Waals surface area contributed by atoms with E-state index < -0.39 is 29.6 Å². The Morgan fingerprint density at radius 2 is 0.933 bits per heavy atom. The Morgan fingerprint density at radius 3 is 1.31 bits per heavy atom. The van der Waals surface area contributed by atoms with Crippen LogP contribution in [0.1, 0.15) is 82.1 Å². The van der Waals surface area contributed by atoms with E-state index in [-0.39, 0.29) is 0 Å². The van der Waals surface area contributed by atoms with E-state index in [1.165, 1.54) is 21.9 Å². The van der Waals surface area contributed by atoms with E-state index in [1.54, 1.807) is 0 Å². The number of carbonyl (C=O) groups excluding carboxylic acids is 2. The van der Waals surface area contributed by atoms with Crippen molar-refractivity contribution in [1.82, 2.24) is 9.97 Å². The van der Waals surface area contributed by atoms with Gasteiger partial charge in [-0.05, 0) is 87.1 Å². The van der Waals surface area contributed by atoms with Gasteiger partial charge in [0.1, 0.15) is 17.6 Å². The number of hydrogen-bond acceptors (Lipinski definition) is 4. The molecule has 6 rings (SSSR count). The summed E-state index contributed by atoms with van der Waals surface area (Å²) in [6, 6.07) is 25.1. The van der Waals surface area contributed by atoms with Crippen LogP contribution in [0.4, 0.5) is 0 Å². The fraction of sp³-hybridized carbons (Fsp3) is 0.333. The van der Waals surface area contributed by atoms with Crippen molar-refractivity contribution >= 4 is 55.6 Å². The Labute approximate surface area is 264 Å². The molecule has 0 radical (unpaired) electrons. The molecule has 0 fully saturated rings. The van der Waals surface area contributed by atoms with Gasteiger partial charge in [-0.3, -0.25) is 9.59 Å². The second kappa shape index (κ2) is 11.7. The lowest BCUT2D eigenvalue weighted by Gasteiger charge is -2.34. The minimum absolute atomic E-state index is 0.453. The molecule has 0 bridgehead atoms. The van der Waals surface area contributed by atoms with Crippen molar-refractivity contribution in [3.05, 3.63) is 95.1 Å². The first-order valence-electron chi connectivity index (χ1n) is 16.1. The highest BCUT2D eigenvalue weighted by Crippen LogP contribution is 2.39. The van der Waals surface area contributed by atoms with Crippen molar-refractivity contribution in [3.8, 4) is 0 Å². The van der Waals surface area contributed by atoms with E-state index in [0.717, 1.165) is 44.0 Å². The number of H-pyrrole nitrogens is 2. The fourth-order valence-corrected chi connectivity index (χ4v) is 6.95. The maximum Gasteiger partial charge on any atom is 0.318 e. The van der Waals surface area contributed by atoms with Gasteiger partial charge in [0, 0.05) is 43.6 Å². The van der Waals surface area contributed by atoms with Crippen LogP contribution in [0.2, 0.25) is 0 Å². The van der Waals surface area contributed by atoms with Crippen molar-refractivity contribution in [2.24, 2.45) is 0 Å². The molecule has 4 aromatic carbocycles. The van der Waals surface area contributed by atoms with Crippen LogP contribution >= 0.6 is 0 Å². The summed E-state index contributed by atoms with van der Waals surface area (Å²) in [5.74, 6) is -1.17. The Morgan fingerprint density at radius 1 is 0.533 bits per heavy atom. The summed E-state index contributed by atoms with van der Waals surface area (Å²) >= 11 is 0. The molecular formula is C39H42N2O4. The zero-order chi connectivity index (χ0) is 31.9. The average Bonchev–Trinajstić information content (AvgIpc) is 3.59. The molecule has 0 saturated heterocycles. The fourth-order valence-electron chi connectivity index (χ4n) is 6.95. The normalized spacial score (nSPS) is 12.4. The summed E-state index contributed by atoms with van der Waals surface area (Å²) in [7, 11) is 0. The minimum Gasteiger partial charge on any atom is -0.454 e. The molecule has 0 spiro atoms. The van der Waals surface area contributed by atoms with Gasteiger partial charge in [-0.2, -0.15) is 0 Å². The molecule has 2 heterocycles. The summed E-state index contributed by atoms with van der Waals surface area (Å²) in [6.45, 7) is 12.2. The Balaban J connectivity index is 1.22. The summed E-state index contributed by atoms with van der Waals surface area (Å²) in [5, 5.41) is 4.60. The lowest BCUT2D eigenvalue weighted by molar-refractivity contribution is -0.174. The quantitative estimate of drug-likeness (QED) is 0.121. The first-order chi connectivity index (χ1) is 21.6. The second-order valence-electron chi connectivity index (χ2n) is 12.4. The van der Waals surface area contributed by atoms with Crippen molar-refractivity contribution in [2.45, 2.75) is 84.8 Å². The summed E-state index contributed by atoms with van der Waals surface area (Å²) in [4.78, 5) is 33.8. The van der Waals surface area contributed by atoms with Gasteiger partial charge >= 0.3 is 11.9 Å². The molecule has 0 aliphatic rings. The third kappa shape index (κ3) is 5.37. The smallest absolute Gasteiger partial charge is 0.318 e. The molecule has 0 saturated carbocycles. The van der Waals surface area contributed by atoms with E-state index >= 15 is 0 Å². The van der Waals surface area contributed by atoms with Gasteiger partial charge in [-0.15, -0.1) is 0 Å². The monoisotopic (exact) mass is 602 g/mol. The number of ether oxygens (including phenoxy) is 2. The molecule has 2 aromatic heterocycles. The summed E-state index contributed by atoms with van der Waals surface area (Å²) < 4.78 is 12.3. The number of hydrogen-bond donors (Lipinski definition) is 2. The third-order valence-electron chi connectivity index (χ3n) is 9.75. The van der Waals surface area contributed by atoms with Crippen LogP contribution in [0.25, 0.3) is 43.6 Å². The molecule has 0 aliphatic heterocycles. The Kier molecular flexibility index (Phi) is 7.94. The minimum atomic E-state index is -0.857. The molecule has 0 unspecified atom stereocenters. The zero-order valence-corrected chi connectivity index (χ0v) is 27.1. The molecule has 6 heteroatoms. The van der Waals surface area contributed by atoms with E-state index in [4.69, 9.17) is 9.47 Å². The standard InChI is InChI=1S/C39H42N2O4/c1-7-38(8-2,26-13-15-28-30-19-24(5)11-17-32(30)40-34(28)21-26)44-36(42)23-37(43)45-39(9-3,10-4)27-14-16-29-31-20-25(6)12-18-33(31)41-35(29)22-27/h11-22,40-41H,7-10,23H2,1-6H3. The van der Waals surface area contributed by atoms with Gasteiger partial charge in [-0.25, -0.2) is 0 Å². The number of esters is 2.